The Kier molecular flexibility index (Phi) is 6.57. The molecule has 0 spiro atoms. The summed E-state index contributed by atoms with van der Waals surface area (Å²) in [6.07, 6.45) is 4.13. The molecule has 5 heteroatoms. The molecule has 1 atom stereocenters. The van der Waals surface area contributed by atoms with Gasteiger partial charge in [0.25, 0.3) is 0 Å². The summed E-state index contributed by atoms with van der Waals surface area (Å²) >= 11 is 6.00. The van der Waals surface area contributed by atoms with Gasteiger partial charge in [-0.25, -0.2) is 0 Å². The molecule has 1 unspecified atom stereocenters. The summed E-state index contributed by atoms with van der Waals surface area (Å²) in [4.78, 5) is 19.1. The first-order valence-electron chi connectivity index (χ1n) is 8.39. The molecule has 2 rings (SSSR count). The van der Waals surface area contributed by atoms with Crippen LogP contribution < -0.4 is 5.32 Å². The van der Waals surface area contributed by atoms with Crippen molar-refractivity contribution in [2.24, 2.45) is 0 Å². The number of halogens is 1. The Morgan fingerprint density at radius 2 is 1.76 bits per heavy atom. The third-order valence-electron chi connectivity index (χ3n) is 4.68. The van der Waals surface area contributed by atoms with Gasteiger partial charge in [0.15, 0.2) is 0 Å². The van der Waals surface area contributed by atoms with Gasteiger partial charge >= 0.3 is 0 Å². The second kappa shape index (κ2) is 8.45. The van der Waals surface area contributed by atoms with Crippen molar-refractivity contribution < 1.29 is 4.79 Å². The number of pyridine rings is 1. The standard InChI is InChI=1S/C20H26ClN3O/c1-20(2,24(3)4)14-23-19(25)18(13-15-9-11-22-12-10-15)16-5-7-17(21)8-6-16/h5-12,18H,13-14H2,1-4H3,(H,23,25). The monoisotopic (exact) mass is 359 g/mol. The molecular weight excluding hydrogens is 334 g/mol. The SMILES string of the molecule is CN(C)C(C)(C)CNC(=O)C(Cc1ccncc1)c1ccc(Cl)cc1. The quantitative estimate of drug-likeness (QED) is 0.822. The molecule has 1 amide bonds. The highest BCUT2D eigenvalue weighted by Gasteiger charge is 2.25. The number of rotatable bonds is 7. The molecule has 0 saturated carbocycles. The van der Waals surface area contributed by atoms with E-state index in [1.165, 1.54) is 0 Å². The summed E-state index contributed by atoms with van der Waals surface area (Å²) in [5.74, 6) is -0.244. The Hall–Kier alpha value is -1.91. The summed E-state index contributed by atoms with van der Waals surface area (Å²) in [6.45, 7) is 4.79. The van der Waals surface area contributed by atoms with Gasteiger partial charge in [-0.2, -0.15) is 0 Å². The van der Waals surface area contributed by atoms with Crippen LogP contribution in [-0.2, 0) is 11.2 Å². The largest absolute Gasteiger partial charge is 0.354 e. The van der Waals surface area contributed by atoms with E-state index in [4.69, 9.17) is 11.6 Å². The summed E-state index contributed by atoms with van der Waals surface area (Å²) in [5, 5.41) is 3.78. The van der Waals surface area contributed by atoms with E-state index in [2.05, 4.69) is 29.0 Å². The topological polar surface area (TPSA) is 45.2 Å². The molecule has 0 bridgehead atoms. The maximum absolute atomic E-state index is 12.9. The van der Waals surface area contributed by atoms with Crippen molar-refractivity contribution in [3.63, 3.8) is 0 Å². The first-order chi connectivity index (χ1) is 11.8. The number of hydrogen-bond donors (Lipinski definition) is 1. The van der Waals surface area contributed by atoms with E-state index < -0.39 is 0 Å². The number of carbonyl (C=O) groups excluding carboxylic acids is 1. The van der Waals surface area contributed by atoms with Crippen LogP contribution in [0.5, 0.6) is 0 Å². The molecule has 2 aromatic rings. The number of aromatic nitrogens is 1. The summed E-state index contributed by atoms with van der Waals surface area (Å²) in [6, 6.07) is 11.4. The normalized spacial score (nSPS) is 12.9. The lowest BCUT2D eigenvalue weighted by Crippen LogP contribution is -2.49. The fraction of sp³-hybridized carbons (Fsp3) is 0.400. The van der Waals surface area contributed by atoms with Crippen molar-refractivity contribution in [2.75, 3.05) is 20.6 Å². The number of benzene rings is 1. The predicted octanol–water partition coefficient (Wildman–Crippen LogP) is 3.52. The van der Waals surface area contributed by atoms with Gasteiger partial charge < -0.3 is 10.2 Å². The first-order valence-corrected chi connectivity index (χ1v) is 8.77. The van der Waals surface area contributed by atoms with Crippen LogP contribution in [0.3, 0.4) is 0 Å². The molecule has 0 radical (unpaired) electrons. The van der Waals surface area contributed by atoms with Crippen molar-refractivity contribution in [1.82, 2.24) is 15.2 Å². The van der Waals surface area contributed by atoms with E-state index >= 15 is 0 Å². The minimum atomic E-state index is -0.266. The van der Waals surface area contributed by atoms with Gasteiger partial charge in [-0.1, -0.05) is 23.7 Å². The summed E-state index contributed by atoms with van der Waals surface area (Å²) < 4.78 is 0. The maximum atomic E-state index is 12.9. The lowest BCUT2D eigenvalue weighted by Gasteiger charge is -2.33. The molecule has 0 aliphatic carbocycles. The Morgan fingerprint density at radius 1 is 1.16 bits per heavy atom. The molecule has 0 aliphatic rings. The average Bonchev–Trinajstić information content (AvgIpc) is 2.59. The third-order valence-corrected chi connectivity index (χ3v) is 4.94. The van der Waals surface area contributed by atoms with Gasteiger partial charge in [-0.05, 0) is 69.8 Å². The van der Waals surface area contributed by atoms with E-state index in [0.29, 0.717) is 18.0 Å². The second-order valence-electron chi connectivity index (χ2n) is 7.09. The van der Waals surface area contributed by atoms with Crippen LogP contribution in [0.1, 0.15) is 30.9 Å². The smallest absolute Gasteiger partial charge is 0.227 e. The van der Waals surface area contributed by atoms with Crippen molar-refractivity contribution in [2.45, 2.75) is 31.7 Å². The fourth-order valence-corrected chi connectivity index (χ4v) is 2.52. The molecule has 134 valence electrons. The first kappa shape index (κ1) is 19.4. The van der Waals surface area contributed by atoms with E-state index in [1.807, 2.05) is 50.5 Å². The lowest BCUT2D eigenvalue weighted by atomic mass is 9.91. The van der Waals surface area contributed by atoms with Crippen molar-refractivity contribution in [3.8, 4) is 0 Å². The van der Waals surface area contributed by atoms with E-state index in [1.54, 1.807) is 12.4 Å². The zero-order valence-corrected chi connectivity index (χ0v) is 16.0. The molecule has 0 fully saturated rings. The fourth-order valence-electron chi connectivity index (χ4n) is 2.40. The minimum absolute atomic E-state index is 0.0223. The number of hydrogen-bond acceptors (Lipinski definition) is 3. The number of nitrogens with zero attached hydrogens (tertiary/aromatic N) is 2. The van der Waals surface area contributed by atoms with Gasteiger partial charge in [0.2, 0.25) is 5.91 Å². The second-order valence-corrected chi connectivity index (χ2v) is 7.52. The Balaban J connectivity index is 2.18. The van der Waals surface area contributed by atoms with Gasteiger partial charge in [0.05, 0.1) is 5.92 Å². The van der Waals surface area contributed by atoms with Gasteiger partial charge in [-0.15, -0.1) is 0 Å². The highest BCUT2D eigenvalue weighted by Crippen LogP contribution is 2.23. The highest BCUT2D eigenvalue weighted by atomic mass is 35.5. The number of nitrogens with one attached hydrogen (secondary N) is 1. The number of carbonyl (C=O) groups is 1. The van der Waals surface area contributed by atoms with Crippen LogP contribution >= 0.6 is 11.6 Å². The van der Waals surface area contributed by atoms with Crippen LogP contribution in [0.15, 0.2) is 48.8 Å². The van der Waals surface area contributed by atoms with E-state index in [0.717, 1.165) is 11.1 Å². The molecule has 1 aromatic carbocycles. The minimum Gasteiger partial charge on any atom is -0.354 e. The van der Waals surface area contributed by atoms with Gasteiger partial charge in [-0.3, -0.25) is 9.78 Å². The summed E-state index contributed by atoms with van der Waals surface area (Å²) in [5.41, 5.74) is 1.93. The lowest BCUT2D eigenvalue weighted by molar-refractivity contribution is -0.123. The van der Waals surface area contributed by atoms with Crippen LogP contribution in [0.25, 0.3) is 0 Å². The molecule has 1 N–H and O–H groups in total. The van der Waals surface area contributed by atoms with Crippen molar-refractivity contribution in [1.29, 1.82) is 0 Å². The van der Waals surface area contributed by atoms with Crippen LogP contribution in [0.4, 0.5) is 0 Å². The Bertz CT molecular complexity index is 684. The van der Waals surface area contributed by atoms with Gasteiger partial charge in [0, 0.05) is 29.5 Å². The van der Waals surface area contributed by atoms with Gasteiger partial charge in [0.1, 0.15) is 0 Å². The highest BCUT2D eigenvalue weighted by molar-refractivity contribution is 6.30. The zero-order valence-electron chi connectivity index (χ0n) is 15.3. The number of likely N-dealkylation sites (N-methyl/N-ethyl adjacent to an activating group) is 1. The van der Waals surface area contributed by atoms with Crippen molar-refractivity contribution >= 4 is 17.5 Å². The maximum Gasteiger partial charge on any atom is 0.227 e. The van der Waals surface area contributed by atoms with Crippen LogP contribution in [-0.4, -0.2) is 42.0 Å². The van der Waals surface area contributed by atoms with Crippen molar-refractivity contribution in [3.05, 3.63) is 64.9 Å². The molecule has 1 aromatic heterocycles. The third kappa shape index (κ3) is 5.55. The molecule has 0 saturated heterocycles. The van der Waals surface area contributed by atoms with E-state index in [9.17, 15) is 4.79 Å². The molecular formula is C20H26ClN3O. The zero-order chi connectivity index (χ0) is 18.4. The molecule has 25 heavy (non-hydrogen) atoms. The van der Waals surface area contributed by atoms with Crippen LogP contribution in [0, 0.1) is 0 Å². The summed E-state index contributed by atoms with van der Waals surface area (Å²) in [7, 11) is 4.03. The molecule has 1 heterocycles. The number of amides is 1. The molecule has 4 nitrogen and oxygen atoms in total. The average molecular weight is 360 g/mol. The Labute approximate surface area is 155 Å². The van der Waals surface area contributed by atoms with Crippen LogP contribution in [0.2, 0.25) is 5.02 Å². The van der Waals surface area contributed by atoms with E-state index in [-0.39, 0.29) is 17.4 Å². The Morgan fingerprint density at radius 3 is 2.32 bits per heavy atom. The molecule has 0 aliphatic heterocycles. The predicted molar refractivity (Wildman–Crippen MR) is 103 cm³/mol.